The zero-order valence-corrected chi connectivity index (χ0v) is 18.5. The molecule has 8 heteroatoms. The highest BCUT2D eigenvalue weighted by Crippen LogP contribution is 2.27. The van der Waals surface area contributed by atoms with Gasteiger partial charge in [-0.2, -0.15) is 5.10 Å². The maximum atomic E-state index is 12.5. The fraction of sp³-hybridized carbons (Fsp3) is 0.0417. The Kier molecular flexibility index (Phi) is 6.25. The summed E-state index contributed by atoms with van der Waals surface area (Å²) in [5.74, 6) is -0.0341. The van der Waals surface area contributed by atoms with E-state index in [1.807, 2.05) is 30.3 Å². The summed E-state index contributed by atoms with van der Waals surface area (Å²) in [6.07, 6.45) is 0. The van der Waals surface area contributed by atoms with Gasteiger partial charge in [-0.05, 0) is 36.4 Å². The van der Waals surface area contributed by atoms with Crippen molar-refractivity contribution in [2.75, 3.05) is 10.6 Å². The number of carbonyl (C=O) groups excluding carboxylic acids is 2. The zero-order chi connectivity index (χ0) is 22.7. The van der Waals surface area contributed by atoms with Gasteiger partial charge in [0, 0.05) is 29.9 Å². The molecule has 160 valence electrons. The van der Waals surface area contributed by atoms with Crippen LogP contribution in [0.3, 0.4) is 0 Å². The molecule has 0 aliphatic carbocycles. The lowest BCUT2D eigenvalue weighted by atomic mass is 10.1. The second-order valence-corrected chi connectivity index (χ2v) is 7.80. The minimum atomic E-state index is -0.392. The molecule has 0 fully saturated rings. The zero-order valence-electron chi connectivity index (χ0n) is 17.0. The minimum absolute atomic E-state index is 0.212. The van der Waals surface area contributed by atoms with Gasteiger partial charge in [-0.15, -0.1) is 0 Å². The van der Waals surface area contributed by atoms with Gasteiger partial charge < -0.3 is 10.6 Å². The molecule has 0 spiro atoms. The van der Waals surface area contributed by atoms with Gasteiger partial charge in [0.1, 0.15) is 5.82 Å². The fourth-order valence-corrected chi connectivity index (χ4v) is 3.71. The van der Waals surface area contributed by atoms with E-state index in [9.17, 15) is 9.59 Å². The Labute approximate surface area is 194 Å². The molecular weight excluding hydrogens is 447 g/mol. The Balaban J connectivity index is 1.48. The number of amides is 2. The molecule has 0 aliphatic heterocycles. The van der Waals surface area contributed by atoms with E-state index in [1.54, 1.807) is 60.3 Å². The third-order valence-corrected chi connectivity index (χ3v) is 5.42. The van der Waals surface area contributed by atoms with Crippen LogP contribution in [-0.2, 0) is 7.05 Å². The number of rotatable bonds is 5. The van der Waals surface area contributed by atoms with E-state index in [4.69, 9.17) is 23.2 Å². The Morgan fingerprint density at radius 1 is 0.812 bits per heavy atom. The summed E-state index contributed by atoms with van der Waals surface area (Å²) in [6, 6.07) is 22.8. The van der Waals surface area contributed by atoms with Crippen molar-refractivity contribution in [2.45, 2.75) is 0 Å². The number of hydrogen-bond donors (Lipinski definition) is 2. The Bertz CT molecular complexity index is 1270. The molecular formula is C24H18Cl2N4O2. The lowest BCUT2D eigenvalue weighted by Crippen LogP contribution is -2.14. The minimum Gasteiger partial charge on any atom is -0.322 e. The summed E-state index contributed by atoms with van der Waals surface area (Å²) in [4.78, 5) is 25.0. The summed E-state index contributed by atoms with van der Waals surface area (Å²) >= 11 is 12.2. The molecule has 2 amide bonds. The number of aromatic nitrogens is 2. The number of hydrogen-bond acceptors (Lipinski definition) is 3. The van der Waals surface area contributed by atoms with Crippen LogP contribution in [0.15, 0.2) is 78.9 Å². The van der Waals surface area contributed by atoms with Gasteiger partial charge in [0.25, 0.3) is 11.8 Å². The third-order valence-electron chi connectivity index (χ3n) is 4.79. The fourth-order valence-electron chi connectivity index (χ4n) is 3.14. The number of aryl methyl sites for hydroxylation is 1. The lowest BCUT2D eigenvalue weighted by Gasteiger charge is -2.08. The molecule has 1 aromatic heterocycles. The highest BCUT2D eigenvalue weighted by Gasteiger charge is 2.15. The first-order chi connectivity index (χ1) is 15.4. The number of nitrogens with one attached hydrogen (secondary N) is 2. The Hall–Kier alpha value is -3.61. The largest absolute Gasteiger partial charge is 0.322 e. The molecule has 4 rings (SSSR count). The summed E-state index contributed by atoms with van der Waals surface area (Å²) in [6.45, 7) is 0. The smallest absolute Gasteiger partial charge is 0.258 e. The van der Waals surface area contributed by atoms with E-state index in [0.717, 1.165) is 5.56 Å². The number of halogens is 2. The first-order valence-corrected chi connectivity index (χ1v) is 10.4. The molecule has 1 heterocycles. The number of carbonyl (C=O) groups is 2. The van der Waals surface area contributed by atoms with Crippen molar-refractivity contribution in [3.8, 4) is 11.3 Å². The van der Waals surface area contributed by atoms with Crippen molar-refractivity contribution >= 4 is 46.5 Å². The highest BCUT2D eigenvalue weighted by atomic mass is 35.5. The van der Waals surface area contributed by atoms with Gasteiger partial charge >= 0.3 is 0 Å². The van der Waals surface area contributed by atoms with Crippen LogP contribution in [0.2, 0.25) is 10.0 Å². The summed E-state index contributed by atoms with van der Waals surface area (Å²) < 4.78 is 1.60. The second-order valence-electron chi connectivity index (χ2n) is 6.99. The van der Waals surface area contributed by atoms with Crippen LogP contribution < -0.4 is 10.6 Å². The van der Waals surface area contributed by atoms with Gasteiger partial charge in [0.05, 0.1) is 21.3 Å². The SMILES string of the molecule is Cn1nc(-c2ccc(NC(=O)c3c(Cl)cccc3Cl)cc2)cc1NC(=O)c1ccccc1. The number of anilines is 2. The van der Waals surface area contributed by atoms with Crippen LogP contribution in [0, 0.1) is 0 Å². The molecule has 2 N–H and O–H groups in total. The maximum Gasteiger partial charge on any atom is 0.258 e. The first-order valence-electron chi connectivity index (χ1n) is 9.68. The van der Waals surface area contributed by atoms with Crippen LogP contribution in [-0.4, -0.2) is 21.6 Å². The molecule has 3 aromatic carbocycles. The van der Waals surface area contributed by atoms with Crippen LogP contribution >= 0.6 is 23.2 Å². The van der Waals surface area contributed by atoms with Crippen molar-refractivity contribution in [3.05, 3.63) is 100 Å². The van der Waals surface area contributed by atoms with Gasteiger partial charge in [0.2, 0.25) is 0 Å². The second kappa shape index (κ2) is 9.26. The van der Waals surface area contributed by atoms with Crippen LogP contribution in [0.25, 0.3) is 11.3 Å². The molecule has 4 aromatic rings. The van der Waals surface area contributed by atoms with E-state index in [1.165, 1.54) is 0 Å². The average molecular weight is 465 g/mol. The molecule has 0 saturated carbocycles. The van der Waals surface area contributed by atoms with Crippen molar-refractivity contribution in [1.29, 1.82) is 0 Å². The van der Waals surface area contributed by atoms with Crippen molar-refractivity contribution in [3.63, 3.8) is 0 Å². The highest BCUT2D eigenvalue weighted by molar-refractivity contribution is 6.40. The summed E-state index contributed by atoms with van der Waals surface area (Å²) in [7, 11) is 1.76. The molecule has 0 atom stereocenters. The standard InChI is InChI=1S/C24H18Cl2N4O2/c1-30-21(28-23(31)16-6-3-2-4-7-16)14-20(29-30)15-10-12-17(13-11-15)27-24(32)22-18(25)8-5-9-19(22)26/h2-14H,1H3,(H,27,32)(H,28,31). The Morgan fingerprint density at radius 2 is 1.47 bits per heavy atom. The van der Waals surface area contributed by atoms with Gasteiger partial charge in [-0.25, -0.2) is 0 Å². The van der Waals surface area contributed by atoms with Gasteiger partial charge in [0.15, 0.2) is 0 Å². The number of benzene rings is 3. The van der Waals surface area contributed by atoms with Crippen molar-refractivity contribution in [2.24, 2.45) is 7.05 Å². The molecule has 0 unspecified atom stereocenters. The third kappa shape index (κ3) is 4.66. The summed E-state index contributed by atoms with van der Waals surface area (Å²) in [5.41, 5.74) is 2.89. The average Bonchev–Trinajstić information content (AvgIpc) is 3.15. The van der Waals surface area contributed by atoms with Crippen LogP contribution in [0.4, 0.5) is 11.5 Å². The monoisotopic (exact) mass is 464 g/mol. The normalized spacial score (nSPS) is 10.6. The molecule has 0 radical (unpaired) electrons. The molecule has 0 bridgehead atoms. The molecule has 0 aliphatic rings. The van der Waals surface area contributed by atoms with E-state index in [2.05, 4.69) is 15.7 Å². The van der Waals surface area contributed by atoms with Crippen LogP contribution in [0.1, 0.15) is 20.7 Å². The quantitative estimate of drug-likeness (QED) is 0.386. The van der Waals surface area contributed by atoms with E-state index in [-0.39, 0.29) is 21.5 Å². The van der Waals surface area contributed by atoms with Gasteiger partial charge in [-0.3, -0.25) is 14.3 Å². The topological polar surface area (TPSA) is 76.0 Å². The predicted octanol–water partition coefficient (Wildman–Crippen LogP) is 5.90. The predicted molar refractivity (Wildman–Crippen MR) is 127 cm³/mol. The molecule has 32 heavy (non-hydrogen) atoms. The van der Waals surface area contributed by atoms with Crippen molar-refractivity contribution in [1.82, 2.24) is 9.78 Å². The first kappa shape index (κ1) is 21.6. The van der Waals surface area contributed by atoms with Crippen molar-refractivity contribution < 1.29 is 9.59 Å². The van der Waals surface area contributed by atoms with Gasteiger partial charge in [-0.1, -0.05) is 59.6 Å². The van der Waals surface area contributed by atoms with E-state index < -0.39 is 5.91 Å². The molecule has 0 saturated heterocycles. The van der Waals surface area contributed by atoms with Crippen LogP contribution in [0.5, 0.6) is 0 Å². The molecule has 6 nitrogen and oxygen atoms in total. The number of nitrogens with zero attached hydrogens (tertiary/aromatic N) is 2. The summed E-state index contributed by atoms with van der Waals surface area (Å²) in [5, 5.41) is 10.7. The Morgan fingerprint density at radius 3 is 2.12 bits per heavy atom. The van der Waals surface area contributed by atoms with E-state index in [0.29, 0.717) is 22.8 Å². The lowest BCUT2D eigenvalue weighted by molar-refractivity contribution is 0.101. The maximum absolute atomic E-state index is 12.5. The van der Waals surface area contributed by atoms with E-state index >= 15 is 0 Å².